The number of hydrogen-bond donors (Lipinski definition) is 0. The van der Waals surface area contributed by atoms with E-state index in [2.05, 4.69) is 11.1 Å². The zero-order chi connectivity index (χ0) is 13.7. The van der Waals surface area contributed by atoms with Gasteiger partial charge < -0.3 is 4.74 Å². The molecule has 0 fully saturated rings. The number of aldehydes is 1. The Morgan fingerprint density at radius 2 is 2.11 bits per heavy atom. The molecule has 0 aliphatic carbocycles. The number of aryl methyl sites for hydroxylation is 1. The highest BCUT2D eigenvalue weighted by atomic mass is 16.5. The standard InChI is InChI=1S/C15H12N2O2/c1-11-6-7-15(14(9-18)17-11)19-10-13-5-3-2-4-12(13)8-16/h2-7,9H,10H2,1H3. The van der Waals surface area contributed by atoms with Crippen LogP contribution in [-0.2, 0) is 6.61 Å². The molecule has 0 amide bonds. The molecule has 4 nitrogen and oxygen atoms in total. The molecule has 0 aliphatic rings. The first-order valence-corrected chi connectivity index (χ1v) is 5.78. The van der Waals surface area contributed by atoms with Crippen molar-refractivity contribution in [2.45, 2.75) is 13.5 Å². The molecule has 1 aromatic heterocycles. The third-order valence-electron chi connectivity index (χ3n) is 2.66. The Bertz CT molecular complexity index is 645. The summed E-state index contributed by atoms with van der Waals surface area (Å²) in [7, 11) is 0. The van der Waals surface area contributed by atoms with Gasteiger partial charge >= 0.3 is 0 Å². The van der Waals surface area contributed by atoms with Crippen LogP contribution in [0.2, 0.25) is 0 Å². The Balaban J connectivity index is 2.19. The number of hydrogen-bond acceptors (Lipinski definition) is 4. The van der Waals surface area contributed by atoms with Crippen molar-refractivity contribution in [2.24, 2.45) is 0 Å². The summed E-state index contributed by atoms with van der Waals surface area (Å²) in [5.41, 5.74) is 2.37. The molecule has 0 saturated heterocycles. The second-order valence-electron chi connectivity index (χ2n) is 4.01. The number of nitrogens with zero attached hydrogens (tertiary/aromatic N) is 2. The molecule has 0 N–H and O–H groups in total. The van der Waals surface area contributed by atoms with E-state index in [1.807, 2.05) is 19.1 Å². The van der Waals surface area contributed by atoms with Crippen LogP contribution in [0.3, 0.4) is 0 Å². The highest BCUT2D eigenvalue weighted by molar-refractivity contribution is 5.76. The molecule has 2 aromatic rings. The number of aromatic nitrogens is 1. The van der Waals surface area contributed by atoms with Crippen molar-refractivity contribution < 1.29 is 9.53 Å². The van der Waals surface area contributed by atoms with Gasteiger partial charge in [-0.15, -0.1) is 0 Å². The maximum atomic E-state index is 10.9. The first kappa shape index (κ1) is 12.8. The smallest absolute Gasteiger partial charge is 0.172 e. The molecule has 0 saturated carbocycles. The van der Waals surface area contributed by atoms with Gasteiger partial charge in [0.05, 0.1) is 11.6 Å². The van der Waals surface area contributed by atoms with Crippen LogP contribution in [0.15, 0.2) is 36.4 Å². The fraction of sp³-hybridized carbons (Fsp3) is 0.133. The number of rotatable bonds is 4. The molecular formula is C15H12N2O2. The summed E-state index contributed by atoms with van der Waals surface area (Å²) in [5.74, 6) is 0.424. The summed E-state index contributed by atoms with van der Waals surface area (Å²) in [4.78, 5) is 15.0. The Morgan fingerprint density at radius 3 is 2.84 bits per heavy atom. The van der Waals surface area contributed by atoms with E-state index in [4.69, 9.17) is 10.00 Å². The number of benzene rings is 1. The largest absolute Gasteiger partial charge is 0.486 e. The summed E-state index contributed by atoms with van der Waals surface area (Å²) >= 11 is 0. The first-order chi connectivity index (χ1) is 9.24. The van der Waals surface area contributed by atoms with Crippen molar-refractivity contribution in [1.82, 2.24) is 4.98 Å². The van der Waals surface area contributed by atoms with Gasteiger partial charge in [0.25, 0.3) is 0 Å². The number of ether oxygens (including phenoxy) is 1. The lowest BCUT2D eigenvalue weighted by atomic mass is 10.1. The average Bonchev–Trinajstić information content (AvgIpc) is 2.46. The molecule has 2 rings (SSSR count). The molecule has 19 heavy (non-hydrogen) atoms. The zero-order valence-corrected chi connectivity index (χ0v) is 10.5. The average molecular weight is 252 g/mol. The molecule has 1 aromatic carbocycles. The quantitative estimate of drug-likeness (QED) is 0.785. The van der Waals surface area contributed by atoms with Gasteiger partial charge in [-0.3, -0.25) is 4.79 Å². The molecule has 0 radical (unpaired) electrons. The van der Waals surface area contributed by atoms with Crippen molar-refractivity contribution in [2.75, 3.05) is 0 Å². The fourth-order valence-corrected chi connectivity index (χ4v) is 1.68. The van der Waals surface area contributed by atoms with Crippen LogP contribution in [0, 0.1) is 18.3 Å². The lowest BCUT2D eigenvalue weighted by molar-refractivity contribution is 0.111. The Labute approximate surface area is 111 Å². The van der Waals surface area contributed by atoms with Crippen molar-refractivity contribution in [3.8, 4) is 11.8 Å². The van der Waals surface area contributed by atoms with Crippen molar-refractivity contribution in [3.05, 3.63) is 58.9 Å². The molecule has 0 aliphatic heterocycles. The second kappa shape index (κ2) is 5.78. The van der Waals surface area contributed by atoms with E-state index >= 15 is 0 Å². The number of carbonyl (C=O) groups is 1. The third kappa shape index (κ3) is 2.96. The number of carbonyl (C=O) groups excluding carboxylic acids is 1. The zero-order valence-electron chi connectivity index (χ0n) is 10.5. The summed E-state index contributed by atoms with van der Waals surface area (Å²) in [6, 6.07) is 12.8. The van der Waals surface area contributed by atoms with Crippen LogP contribution in [0.1, 0.15) is 27.3 Å². The van der Waals surface area contributed by atoms with E-state index in [9.17, 15) is 4.79 Å². The highest BCUT2D eigenvalue weighted by Crippen LogP contribution is 2.18. The van der Waals surface area contributed by atoms with Gasteiger partial charge in [-0.2, -0.15) is 5.26 Å². The minimum Gasteiger partial charge on any atom is -0.486 e. The van der Waals surface area contributed by atoms with E-state index in [0.717, 1.165) is 11.3 Å². The molecule has 94 valence electrons. The molecule has 0 unspecified atom stereocenters. The van der Waals surface area contributed by atoms with E-state index in [1.54, 1.807) is 24.3 Å². The first-order valence-electron chi connectivity index (χ1n) is 5.78. The topological polar surface area (TPSA) is 63.0 Å². The summed E-state index contributed by atoms with van der Waals surface area (Å²) < 4.78 is 5.57. The molecule has 0 spiro atoms. The lowest BCUT2D eigenvalue weighted by Gasteiger charge is -2.09. The molecule has 4 heteroatoms. The molecule has 0 atom stereocenters. The molecule has 1 heterocycles. The number of nitriles is 1. The van der Waals surface area contributed by atoms with Gasteiger partial charge in [0.1, 0.15) is 18.1 Å². The van der Waals surface area contributed by atoms with Gasteiger partial charge in [0, 0.05) is 11.3 Å². The van der Waals surface area contributed by atoms with Gasteiger partial charge in [0.2, 0.25) is 0 Å². The predicted molar refractivity (Wildman–Crippen MR) is 69.9 cm³/mol. The Kier molecular flexibility index (Phi) is 3.89. The Morgan fingerprint density at radius 1 is 1.32 bits per heavy atom. The summed E-state index contributed by atoms with van der Waals surface area (Å²) in [6.07, 6.45) is 0.665. The second-order valence-corrected chi connectivity index (χ2v) is 4.01. The normalized spacial score (nSPS) is 9.68. The maximum absolute atomic E-state index is 10.9. The monoisotopic (exact) mass is 252 g/mol. The van der Waals surface area contributed by atoms with Crippen LogP contribution in [0.5, 0.6) is 5.75 Å². The van der Waals surface area contributed by atoms with Gasteiger partial charge in [0.15, 0.2) is 6.29 Å². The maximum Gasteiger partial charge on any atom is 0.172 e. The fourth-order valence-electron chi connectivity index (χ4n) is 1.68. The van der Waals surface area contributed by atoms with Crippen LogP contribution < -0.4 is 4.74 Å². The van der Waals surface area contributed by atoms with Crippen LogP contribution in [0.4, 0.5) is 0 Å². The highest BCUT2D eigenvalue weighted by Gasteiger charge is 2.07. The van der Waals surface area contributed by atoms with Crippen molar-refractivity contribution in [3.63, 3.8) is 0 Å². The molecular weight excluding hydrogens is 240 g/mol. The van der Waals surface area contributed by atoms with Crippen molar-refractivity contribution >= 4 is 6.29 Å². The van der Waals surface area contributed by atoms with E-state index in [0.29, 0.717) is 17.6 Å². The number of pyridine rings is 1. The summed E-state index contributed by atoms with van der Waals surface area (Å²) in [6.45, 7) is 2.04. The van der Waals surface area contributed by atoms with Crippen LogP contribution in [-0.4, -0.2) is 11.3 Å². The SMILES string of the molecule is Cc1ccc(OCc2ccccc2C#N)c(C=O)n1. The van der Waals surface area contributed by atoms with Gasteiger partial charge in [-0.25, -0.2) is 4.98 Å². The predicted octanol–water partition coefficient (Wildman–Crippen LogP) is 2.65. The molecule has 0 bridgehead atoms. The van der Waals surface area contributed by atoms with E-state index in [1.165, 1.54) is 0 Å². The third-order valence-corrected chi connectivity index (χ3v) is 2.66. The van der Waals surface area contributed by atoms with E-state index in [-0.39, 0.29) is 12.3 Å². The van der Waals surface area contributed by atoms with E-state index < -0.39 is 0 Å². The van der Waals surface area contributed by atoms with Crippen LogP contribution >= 0.6 is 0 Å². The minimum atomic E-state index is 0.231. The van der Waals surface area contributed by atoms with Gasteiger partial charge in [-0.05, 0) is 25.1 Å². The van der Waals surface area contributed by atoms with Crippen molar-refractivity contribution in [1.29, 1.82) is 5.26 Å². The minimum absolute atomic E-state index is 0.231. The lowest BCUT2D eigenvalue weighted by Crippen LogP contribution is -2.02. The van der Waals surface area contributed by atoms with Gasteiger partial charge in [-0.1, -0.05) is 18.2 Å². The van der Waals surface area contributed by atoms with Crippen LogP contribution in [0.25, 0.3) is 0 Å². The Hall–Kier alpha value is -2.67. The summed E-state index contributed by atoms with van der Waals surface area (Å²) in [5, 5.41) is 8.98.